The van der Waals surface area contributed by atoms with Crippen molar-refractivity contribution in [3.63, 3.8) is 0 Å². The van der Waals surface area contributed by atoms with Gasteiger partial charge in [0, 0.05) is 18.7 Å². The van der Waals surface area contributed by atoms with E-state index in [4.69, 9.17) is 10.5 Å². The third-order valence-corrected chi connectivity index (χ3v) is 3.96. The Morgan fingerprint density at radius 1 is 1.61 bits per heavy atom. The van der Waals surface area contributed by atoms with Gasteiger partial charge in [0.2, 0.25) is 0 Å². The molecular formula is C12H15FN2O2S. The normalized spacial score (nSPS) is 19.4. The minimum atomic E-state index is -1.14. The molecule has 3 N–H and O–H groups in total. The number of hydrogen-bond donors (Lipinski definition) is 2. The molecule has 0 spiro atoms. The van der Waals surface area contributed by atoms with E-state index in [2.05, 4.69) is 4.72 Å². The van der Waals surface area contributed by atoms with Crippen molar-refractivity contribution in [2.24, 2.45) is 5.73 Å². The molecule has 0 aliphatic carbocycles. The van der Waals surface area contributed by atoms with E-state index in [1.165, 1.54) is 0 Å². The second-order valence-electron chi connectivity index (χ2n) is 3.94. The van der Waals surface area contributed by atoms with Crippen LogP contribution in [0.5, 0.6) is 5.75 Å². The third kappa shape index (κ3) is 2.95. The summed E-state index contributed by atoms with van der Waals surface area (Å²) in [4.78, 5) is 0.786. The van der Waals surface area contributed by atoms with E-state index in [0.717, 1.165) is 16.9 Å². The zero-order valence-corrected chi connectivity index (χ0v) is 10.6. The molecule has 1 aromatic carbocycles. The van der Waals surface area contributed by atoms with Crippen molar-refractivity contribution in [3.8, 4) is 5.75 Å². The monoisotopic (exact) mass is 270 g/mol. The van der Waals surface area contributed by atoms with Crippen LogP contribution in [0, 0.1) is 0 Å². The second kappa shape index (κ2) is 6.08. The molecule has 2 rings (SSSR count). The van der Waals surface area contributed by atoms with E-state index in [0.29, 0.717) is 24.2 Å². The number of rotatable bonds is 4. The molecule has 1 unspecified atom stereocenters. The Morgan fingerprint density at radius 3 is 3.17 bits per heavy atom. The maximum absolute atomic E-state index is 12.3. The van der Waals surface area contributed by atoms with Crippen molar-refractivity contribution >= 4 is 11.0 Å². The fraction of sp³-hybridized carbons (Fsp3) is 0.333. The Hall–Kier alpha value is -1.24. The summed E-state index contributed by atoms with van der Waals surface area (Å²) < 4.78 is 32.3. The number of nitrogens with two attached hydrogens (primary N) is 1. The van der Waals surface area contributed by atoms with Gasteiger partial charge >= 0.3 is 0 Å². The lowest BCUT2D eigenvalue weighted by Crippen LogP contribution is -2.26. The maximum Gasteiger partial charge on any atom is 0.125 e. The number of nitrogens with one attached hydrogen (secondary N) is 1. The maximum atomic E-state index is 12.3. The molecule has 1 aliphatic heterocycles. The number of halogens is 1. The minimum Gasteiger partial charge on any atom is -0.489 e. The molecule has 6 heteroatoms. The van der Waals surface area contributed by atoms with Gasteiger partial charge in [-0.2, -0.15) is 0 Å². The Kier molecular flexibility index (Phi) is 4.46. The van der Waals surface area contributed by atoms with E-state index in [-0.39, 0.29) is 13.2 Å². The Bertz CT molecular complexity index is 491. The summed E-state index contributed by atoms with van der Waals surface area (Å²) >= 11 is 0. The summed E-state index contributed by atoms with van der Waals surface area (Å²) in [6, 6.07) is 5.35. The van der Waals surface area contributed by atoms with Crippen LogP contribution in [0.25, 0.3) is 0 Å². The Morgan fingerprint density at radius 2 is 2.44 bits per heavy atom. The molecule has 18 heavy (non-hydrogen) atoms. The molecule has 0 bridgehead atoms. The molecule has 0 amide bonds. The van der Waals surface area contributed by atoms with Gasteiger partial charge in [0.1, 0.15) is 23.3 Å². The van der Waals surface area contributed by atoms with Gasteiger partial charge in [-0.25, -0.2) is 13.3 Å². The molecule has 0 saturated carbocycles. The van der Waals surface area contributed by atoms with Crippen molar-refractivity contribution in [1.82, 2.24) is 4.72 Å². The van der Waals surface area contributed by atoms with Gasteiger partial charge in [-0.3, -0.25) is 0 Å². The van der Waals surface area contributed by atoms with E-state index in [1.54, 1.807) is 12.1 Å². The first-order chi connectivity index (χ1) is 8.74. The van der Waals surface area contributed by atoms with Crippen LogP contribution in [0.3, 0.4) is 0 Å². The molecule has 0 fully saturated rings. The highest BCUT2D eigenvalue weighted by Gasteiger charge is 2.15. The third-order valence-electron chi connectivity index (χ3n) is 2.70. The van der Waals surface area contributed by atoms with Gasteiger partial charge in [-0.05, 0) is 30.2 Å². The van der Waals surface area contributed by atoms with Crippen molar-refractivity contribution in [3.05, 3.63) is 35.7 Å². The topological polar surface area (TPSA) is 64.3 Å². The number of hydrogen-bond acceptors (Lipinski definition) is 3. The van der Waals surface area contributed by atoms with E-state index in [9.17, 15) is 8.60 Å². The number of ether oxygens (including phenoxy) is 1. The van der Waals surface area contributed by atoms with Crippen LogP contribution in [0.1, 0.15) is 5.56 Å². The Balaban J connectivity index is 2.09. The van der Waals surface area contributed by atoms with Crippen molar-refractivity contribution < 1.29 is 13.3 Å². The summed E-state index contributed by atoms with van der Waals surface area (Å²) in [6.07, 6.45) is 1.28. The smallest absolute Gasteiger partial charge is 0.125 e. The summed E-state index contributed by atoms with van der Waals surface area (Å²) in [7, 11) is -1.14. The summed E-state index contributed by atoms with van der Waals surface area (Å²) in [5, 5.41) is 0. The van der Waals surface area contributed by atoms with Crippen LogP contribution >= 0.6 is 0 Å². The van der Waals surface area contributed by atoms with Crippen LogP contribution in [-0.4, -0.2) is 23.9 Å². The molecule has 1 atom stereocenters. The zero-order valence-electron chi connectivity index (χ0n) is 9.82. The van der Waals surface area contributed by atoms with E-state index in [1.807, 2.05) is 6.07 Å². The molecule has 98 valence electrons. The standard InChI is InChI=1S/C12H15FN2O2S/c13-6-9(7-14)8-17-11-1-2-12-10(5-11)3-4-15-18(12)16/h1-2,5-6,15H,3-4,7-8,14H2/b9-6+. The molecule has 4 nitrogen and oxygen atoms in total. The zero-order chi connectivity index (χ0) is 13.0. The SMILES string of the molecule is NC/C(=C\F)COc1ccc2c(c1)CCNS2=O. The second-order valence-corrected chi connectivity index (χ2v) is 5.21. The fourth-order valence-corrected chi connectivity index (χ4v) is 2.72. The van der Waals surface area contributed by atoms with Crippen LogP contribution in [0.4, 0.5) is 4.39 Å². The highest BCUT2D eigenvalue weighted by Crippen LogP contribution is 2.23. The quantitative estimate of drug-likeness (QED) is 0.859. The largest absolute Gasteiger partial charge is 0.489 e. The summed E-state index contributed by atoms with van der Waals surface area (Å²) in [6.45, 7) is 0.948. The lowest BCUT2D eigenvalue weighted by Gasteiger charge is -2.17. The molecule has 1 heterocycles. The molecule has 0 saturated heterocycles. The van der Waals surface area contributed by atoms with Gasteiger partial charge < -0.3 is 10.5 Å². The van der Waals surface area contributed by atoms with Gasteiger partial charge in [0.05, 0.1) is 11.2 Å². The predicted molar refractivity (Wildman–Crippen MR) is 68.3 cm³/mol. The van der Waals surface area contributed by atoms with E-state index >= 15 is 0 Å². The molecule has 0 aromatic heterocycles. The van der Waals surface area contributed by atoms with Gasteiger partial charge in [0.15, 0.2) is 0 Å². The summed E-state index contributed by atoms with van der Waals surface area (Å²) in [5.74, 6) is 0.639. The lowest BCUT2D eigenvalue weighted by molar-refractivity contribution is 0.347. The number of benzene rings is 1. The van der Waals surface area contributed by atoms with Crippen molar-refractivity contribution in [2.75, 3.05) is 19.7 Å². The van der Waals surface area contributed by atoms with Crippen molar-refractivity contribution in [2.45, 2.75) is 11.3 Å². The lowest BCUT2D eigenvalue weighted by atomic mass is 10.1. The molecule has 1 aliphatic rings. The van der Waals surface area contributed by atoms with Crippen LogP contribution in [0.15, 0.2) is 35.0 Å². The van der Waals surface area contributed by atoms with Gasteiger partial charge in [-0.15, -0.1) is 0 Å². The highest BCUT2D eigenvalue weighted by atomic mass is 32.2. The fourth-order valence-electron chi connectivity index (χ4n) is 1.69. The average Bonchev–Trinajstić information content (AvgIpc) is 2.40. The highest BCUT2D eigenvalue weighted by molar-refractivity contribution is 7.83. The van der Waals surface area contributed by atoms with Gasteiger partial charge in [-0.1, -0.05) is 0 Å². The molecule has 1 aromatic rings. The minimum absolute atomic E-state index is 0.132. The van der Waals surface area contributed by atoms with Crippen molar-refractivity contribution in [1.29, 1.82) is 0 Å². The average molecular weight is 270 g/mol. The number of fused-ring (bicyclic) bond motifs is 1. The van der Waals surface area contributed by atoms with E-state index < -0.39 is 11.0 Å². The van der Waals surface area contributed by atoms with Crippen LogP contribution in [-0.2, 0) is 17.4 Å². The first-order valence-electron chi connectivity index (χ1n) is 5.64. The molecule has 0 radical (unpaired) electrons. The molecular weight excluding hydrogens is 255 g/mol. The Labute approximate surface area is 108 Å². The first-order valence-corrected chi connectivity index (χ1v) is 6.78. The van der Waals surface area contributed by atoms with Gasteiger partial charge in [0.25, 0.3) is 0 Å². The summed E-state index contributed by atoms with van der Waals surface area (Å²) in [5.41, 5.74) is 6.74. The predicted octanol–water partition coefficient (Wildman–Crippen LogP) is 1.05. The van der Waals surface area contributed by atoms with Crippen LogP contribution in [0.2, 0.25) is 0 Å². The first kappa shape index (κ1) is 13.2. The van der Waals surface area contributed by atoms with Crippen LogP contribution < -0.4 is 15.2 Å².